The van der Waals surface area contributed by atoms with Gasteiger partial charge in [0.1, 0.15) is 5.76 Å². The number of nitrogens with zero attached hydrogens (tertiary/aromatic N) is 1. The number of hydrogen-bond acceptors (Lipinski definition) is 5. The summed E-state index contributed by atoms with van der Waals surface area (Å²) in [6, 6.07) is 8.42. The maximum Gasteiger partial charge on any atom is 0.295 e. The average Bonchev–Trinajstić information content (AvgIpc) is 3.39. The summed E-state index contributed by atoms with van der Waals surface area (Å²) in [6.07, 6.45) is 1.75. The summed E-state index contributed by atoms with van der Waals surface area (Å²) in [5.41, 5.74) is 1.66. The highest BCUT2D eigenvalue weighted by molar-refractivity contribution is 9.10. The Morgan fingerprint density at radius 2 is 2.04 bits per heavy atom. The minimum absolute atomic E-state index is 0.0753. The number of amides is 1. The first kappa shape index (κ1) is 19.4. The van der Waals surface area contributed by atoms with Gasteiger partial charge in [0.2, 0.25) is 0 Å². The largest absolute Gasteiger partial charge is 0.507 e. The fraction of sp³-hybridized carbons (Fsp3) is 0.333. The smallest absolute Gasteiger partial charge is 0.295 e. The van der Waals surface area contributed by atoms with Crippen molar-refractivity contribution in [3.8, 4) is 0 Å². The Labute approximate surface area is 175 Å². The van der Waals surface area contributed by atoms with Crippen molar-refractivity contribution in [3.63, 3.8) is 0 Å². The maximum absolute atomic E-state index is 12.9. The Balaban J connectivity index is 1.82. The monoisotopic (exact) mass is 461 g/mol. The first-order valence-corrected chi connectivity index (χ1v) is 10.8. The van der Waals surface area contributed by atoms with E-state index in [0.717, 1.165) is 27.8 Å². The van der Waals surface area contributed by atoms with E-state index in [1.165, 1.54) is 11.3 Å². The van der Waals surface area contributed by atoms with Gasteiger partial charge >= 0.3 is 0 Å². The van der Waals surface area contributed by atoms with Crippen molar-refractivity contribution in [3.05, 3.63) is 61.8 Å². The first-order valence-electron chi connectivity index (χ1n) is 9.17. The van der Waals surface area contributed by atoms with Crippen LogP contribution in [0.25, 0.3) is 5.76 Å². The van der Waals surface area contributed by atoms with Crippen LogP contribution in [-0.4, -0.2) is 41.0 Å². The molecular formula is C21H20BrNO4S. The molecule has 1 aromatic heterocycles. The summed E-state index contributed by atoms with van der Waals surface area (Å²) in [4.78, 5) is 28.3. The van der Waals surface area contributed by atoms with Gasteiger partial charge in [-0.3, -0.25) is 9.59 Å². The van der Waals surface area contributed by atoms with Crippen molar-refractivity contribution in [2.45, 2.75) is 31.9 Å². The number of aliphatic hydroxyl groups is 1. The van der Waals surface area contributed by atoms with E-state index >= 15 is 0 Å². The molecular weight excluding hydrogens is 442 g/mol. The molecule has 2 aromatic rings. The molecule has 0 aliphatic carbocycles. The Bertz CT molecular complexity index is 944. The summed E-state index contributed by atoms with van der Waals surface area (Å²) in [5, 5.41) is 12.9. The van der Waals surface area contributed by atoms with Crippen molar-refractivity contribution in [2.24, 2.45) is 0 Å². The van der Waals surface area contributed by atoms with Gasteiger partial charge < -0.3 is 14.7 Å². The van der Waals surface area contributed by atoms with E-state index in [1.807, 2.05) is 18.4 Å². The van der Waals surface area contributed by atoms with Crippen LogP contribution in [0.5, 0.6) is 0 Å². The number of thiophene rings is 1. The molecule has 0 spiro atoms. The maximum atomic E-state index is 12.9. The fourth-order valence-corrected chi connectivity index (χ4v) is 5.09. The number of Topliss-reactive ketones (excluding diaryl/α,β-unsaturated/α-hetero) is 1. The first-order chi connectivity index (χ1) is 13.5. The van der Waals surface area contributed by atoms with Gasteiger partial charge in [0.15, 0.2) is 0 Å². The quantitative estimate of drug-likeness (QED) is 0.415. The van der Waals surface area contributed by atoms with Crippen LogP contribution in [0.15, 0.2) is 45.8 Å². The molecule has 2 fully saturated rings. The third kappa shape index (κ3) is 3.43. The summed E-state index contributed by atoms with van der Waals surface area (Å²) < 4.78 is 6.57. The number of aryl methyl sites for hydroxylation is 1. The number of likely N-dealkylation sites (tertiary alicyclic amines) is 1. The molecule has 2 aliphatic heterocycles. The minimum atomic E-state index is -0.642. The Morgan fingerprint density at radius 1 is 1.29 bits per heavy atom. The highest BCUT2D eigenvalue weighted by Crippen LogP contribution is 2.43. The fourth-order valence-electron chi connectivity index (χ4n) is 3.78. The second-order valence-electron chi connectivity index (χ2n) is 7.06. The number of carbonyl (C=O) groups excluding carboxylic acids is 2. The third-order valence-electron chi connectivity index (χ3n) is 5.23. The van der Waals surface area contributed by atoms with Gasteiger partial charge in [-0.1, -0.05) is 28.1 Å². The van der Waals surface area contributed by atoms with Crippen LogP contribution >= 0.6 is 27.3 Å². The molecule has 2 aliphatic rings. The zero-order chi connectivity index (χ0) is 19.8. The number of rotatable bonds is 4. The number of ether oxygens (including phenoxy) is 1. The SMILES string of the molecule is Cc1ccsc1C1C(=C(O)c2ccc(Br)cc2)C(=O)C(=O)N1CC1CCCO1. The van der Waals surface area contributed by atoms with Crippen LogP contribution in [0.3, 0.4) is 0 Å². The van der Waals surface area contributed by atoms with Gasteiger partial charge in [-0.15, -0.1) is 11.3 Å². The molecule has 2 saturated heterocycles. The zero-order valence-electron chi connectivity index (χ0n) is 15.4. The van der Waals surface area contributed by atoms with E-state index < -0.39 is 17.7 Å². The Kier molecular flexibility index (Phi) is 5.40. The molecule has 1 aromatic carbocycles. The lowest BCUT2D eigenvalue weighted by molar-refractivity contribution is -0.140. The van der Waals surface area contributed by atoms with E-state index in [0.29, 0.717) is 18.7 Å². The zero-order valence-corrected chi connectivity index (χ0v) is 17.8. The molecule has 3 heterocycles. The molecule has 7 heteroatoms. The number of halogens is 1. The second-order valence-corrected chi connectivity index (χ2v) is 8.92. The van der Waals surface area contributed by atoms with Crippen LogP contribution in [0.2, 0.25) is 0 Å². The topological polar surface area (TPSA) is 66.8 Å². The Hall–Kier alpha value is -1.96. The molecule has 2 atom stereocenters. The lowest BCUT2D eigenvalue weighted by atomic mass is 9.98. The lowest BCUT2D eigenvalue weighted by Gasteiger charge is -2.27. The van der Waals surface area contributed by atoms with Crippen LogP contribution in [0.4, 0.5) is 0 Å². The average molecular weight is 462 g/mol. The van der Waals surface area contributed by atoms with Gasteiger partial charge in [0.05, 0.1) is 17.7 Å². The molecule has 146 valence electrons. The third-order valence-corrected chi connectivity index (χ3v) is 6.83. The van der Waals surface area contributed by atoms with E-state index in [-0.39, 0.29) is 17.4 Å². The number of hydrogen-bond donors (Lipinski definition) is 1. The van der Waals surface area contributed by atoms with Crippen molar-refractivity contribution in [2.75, 3.05) is 13.2 Å². The van der Waals surface area contributed by atoms with Crippen LogP contribution in [0.1, 0.15) is 34.9 Å². The van der Waals surface area contributed by atoms with Crippen molar-refractivity contribution >= 4 is 44.7 Å². The highest BCUT2D eigenvalue weighted by atomic mass is 79.9. The van der Waals surface area contributed by atoms with Crippen LogP contribution in [-0.2, 0) is 14.3 Å². The lowest BCUT2D eigenvalue weighted by Crippen LogP contribution is -2.36. The van der Waals surface area contributed by atoms with Crippen LogP contribution < -0.4 is 0 Å². The van der Waals surface area contributed by atoms with E-state index in [4.69, 9.17) is 4.74 Å². The normalized spacial score (nSPS) is 24.3. The van der Waals surface area contributed by atoms with Gasteiger partial charge in [-0.25, -0.2) is 0 Å². The standard InChI is InChI=1S/C21H20BrNO4S/c1-12-8-10-28-20(12)17-16(18(24)13-4-6-14(22)7-5-13)19(25)21(26)23(17)11-15-3-2-9-27-15/h4-8,10,15,17,24H,2-3,9,11H2,1H3. The summed E-state index contributed by atoms with van der Waals surface area (Å²) in [7, 11) is 0. The highest BCUT2D eigenvalue weighted by Gasteiger charge is 2.47. The molecule has 0 radical (unpaired) electrons. The van der Waals surface area contributed by atoms with Crippen LogP contribution in [0, 0.1) is 6.92 Å². The van der Waals surface area contributed by atoms with Crippen molar-refractivity contribution < 1.29 is 19.4 Å². The van der Waals surface area contributed by atoms with Gasteiger partial charge in [-0.2, -0.15) is 0 Å². The molecule has 2 unspecified atom stereocenters. The van der Waals surface area contributed by atoms with Crippen molar-refractivity contribution in [1.29, 1.82) is 0 Å². The van der Waals surface area contributed by atoms with Gasteiger partial charge in [-0.05, 0) is 48.9 Å². The number of aliphatic hydroxyl groups excluding tert-OH is 1. The predicted molar refractivity (Wildman–Crippen MR) is 111 cm³/mol. The number of carbonyl (C=O) groups is 2. The molecule has 1 N–H and O–H groups in total. The van der Waals surface area contributed by atoms with E-state index in [2.05, 4.69) is 15.9 Å². The summed E-state index contributed by atoms with van der Waals surface area (Å²) in [6.45, 7) is 2.98. The number of benzene rings is 1. The number of ketones is 1. The van der Waals surface area contributed by atoms with Gasteiger partial charge in [0.25, 0.3) is 11.7 Å². The Morgan fingerprint density at radius 3 is 2.64 bits per heavy atom. The van der Waals surface area contributed by atoms with E-state index in [1.54, 1.807) is 29.2 Å². The summed E-state index contributed by atoms with van der Waals surface area (Å²) in [5.74, 6) is -1.36. The molecule has 5 nitrogen and oxygen atoms in total. The predicted octanol–water partition coefficient (Wildman–Crippen LogP) is 4.42. The molecule has 1 amide bonds. The molecule has 0 bridgehead atoms. The second kappa shape index (κ2) is 7.81. The summed E-state index contributed by atoms with van der Waals surface area (Å²) >= 11 is 4.86. The minimum Gasteiger partial charge on any atom is -0.507 e. The van der Waals surface area contributed by atoms with Crippen molar-refractivity contribution in [1.82, 2.24) is 4.90 Å². The molecule has 28 heavy (non-hydrogen) atoms. The van der Waals surface area contributed by atoms with Gasteiger partial charge in [0, 0.05) is 28.1 Å². The molecule has 4 rings (SSSR count). The molecule has 0 saturated carbocycles. The van der Waals surface area contributed by atoms with E-state index in [9.17, 15) is 14.7 Å².